The van der Waals surface area contributed by atoms with Gasteiger partial charge in [0.25, 0.3) is 0 Å². The Bertz CT molecular complexity index is 856. The predicted octanol–water partition coefficient (Wildman–Crippen LogP) is 4.97. The van der Waals surface area contributed by atoms with E-state index in [1.54, 1.807) is 0 Å². The zero-order chi connectivity index (χ0) is 19.6. The van der Waals surface area contributed by atoms with E-state index in [1.165, 1.54) is 5.56 Å². The number of carbonyl (C=O) groups is 2. The van der Waals surface area contributed by atoms with E-state index in [-0.39, 0.29) is 11.8 Å². The molecule has 0 aliphatic heterocycles. The lowest BCUT2D eigenvalue weighted by atomic mass is 9.87. The number of ether oxygens (including phenoxy) is 1. The van der Waals surface area contributed by atoms with Gasteiger partial charge in [0.15, 0.2) is 5.78 Å². The summed E-state index contributed by atoms with van der Waals surface area (Å²) >= 11 is 0. The summed E-state index contributed by atoms with van der Waals surface area (Å²) in [4.78, 5) is 25.5. The van der Waals surface area contributed by atoms with Gasteiger partial charge in [0.1, 0.15) is 6.10 Å². The molecule has 3 rings (SSSR count). The Morgan fingerprint density at radius 2 is 1.81 bits per heavy atom. The number of hydrogen-bond donors (Lipinski definition) is 1. The van der Waals surface area contributed by atoms with Crippen molar-refractivity contribution in [2.75, 3.05) is 0 Å². The van der Waals surface area contributed by atoms with Crippen LogP contribution in [0.3, 0.4) is 0 Å². The number of amides is 1. The largest absolute Gasteiger partial charge is 0.440 e. The molecule has 0 saturated heterocycles. The van der Waals surface area contributed by atoms with Gasteiger partial charge < -0.3 is 10.1 Å². The second-order valence-corrected chi connectivity index (χ2v) is 7.29. The van der Waals surface area contributed by atoms with Gasteiger partial charge in [-0.25, -0.2) is 4.79 Å². The molecule has 0 radical (unpaired) electrons. The summed E-state index contributed by atoms with van der Waals surface area (Å²) in [6.07, 6.45) is 0.676. The Morgan fingerprint density at radius 3 is 2.48 bits per heavy atom. The van der Waals surface area contributed by atoms with E-state index in [9.17, 15) is 9.59 Å². The SMILES string of the molecule is CCc1ccc(C2C(=O)c3ccccc3C2OC(=O)NC(C)C)c(CC)c1. The van der Waals surface area contributed by atoms with Crippen molar-refractivity contribution in [1.82, 2.24) is 5.32 Å². The summed E-state index contributed by atoms with van der Waals surface area (Å²) in [6.45, 7) is 7.97. The molecule has 0 fully saturated rings. The summed E-state index contributed by atoms with van der Waals surface area (Å²) in [5.41, 5.74) is 4.77. The molecule has 27 heavy (non-hydrogen) atoms. The van der Waals surface area contributed by atoms with Crippen LogP contribution >= 0.6 is 0 Å². The van der Waals surface area contributed by atoms with Gasteiger partial charge in [0.2, 0.25) is 0 Å². The molecule has 0 aromatic heterocycles. The quantitative estimate of drug-likeness (QED) is 0.814. The van der Waals surface area contributed by atoms with Crippen molar-refractivity contribution in [3.63, 3.8) is 0 Å². The Labute approximate surface area is 160 Å². The van der Waals surface area contributed by atoms with Crippen molar-refractivity contribution >= 4 is 11.9 Å². The van der Waals surface area contributed by atoms with Crippen molar-refractivity contribution in [3.05, 3.63) is 70.3 Å². The smallest absolute Gasteiger partial charge is 0.407 e. The maximum atomic E-state index is 13.2. The van der Waals surface area contributed by atoms with E-state index in [4.69, 9.17) is 4.74 Å². The topological polar surface area (TPSA) is 55.4 Å². The Balaban J connectivity index is 2.04. The van der Waals surface area contributed by atoms with Gasteiger partial charge in [-0.3, -0.25) is 4.79 Å². The van der Waals surface area contributed by atoms with Crippen molar-refractivity contribution < 1.29 is 14.3 Å². The van der Waals surface area contributed by atoms with Crippen LogP contribution in [0.25, 0.3) is 0 Å². The number of nitrogens with one attached hydrogen (secondary N) is 1. The fourth-order valence-electron chi connectivity index (χ4n) is 3.76. The first kappa shape index (κ1) is 19.2. The molecule has 2 atom stereocenters. The van der Waals surface area contributed by atoms with Crippen molar-refractivity contribution in [3.8, 4) is 0 Å². The number of alkyl carbamates (subject to hydrolysis) is 1. The van der Waals surface area contributed by atoms with Crippen LogP contribution in [-0.2, 0) is 17.6 Å². The van der Waals surface area contributed by atoms with Crippen LogP contribution in [0.4, 0.5) is 4.79 Å². The monoisotopic (exact) mass is 365 g/mol. The van der Waals surface area contributed by atoms with Gasteiger partial charge >= 0.3 is 6.09 Å². The van der Waals surface area contributed by atoms with E-state index in [1.807, 2.05) is 44.2 Å². The molecule has 142 valence electrons. The second kappa shape index (κ2) is 7.95. The lowest BCUT2D eigenvalue weighted by Gasteiger charge is -2.23. The maximum Gasteiger partial charge on any atom is 0.407 e. The fourth-order valence-corrected chi connectivity index (χ4v) is 3.76. The first-order chi connectivity index (χ1) is 13.0. The first-order valence-electron chi connectivity index (χ1n) is 9.68. The minimum atomic E-state index is -0.606. The highest BCUT2D eigenvalue weighted by Gasteiger charge is 2.43. The van der Waals surface area contributed by atoms with Crippen LogP contribution in [0, 0.1) is 0 Å². The summed E-state index contributed by atoms with van der Waals surface area (Å²) in [7, 11) is 0. The molecule has 2 aromatic carbocycles. The standard InChI is InChI=1S/C23H27NO3/c1-5-15-11-12-17(16(6-2)13-15)20-21(25)18-9-7-8-10-19(18)22(20)27-23(26)24-14(3)4/h7-14,20,22H,5-6H2,1-4H3,(H,24,26). The zero-order valence-corrected chi connectivity index (χ0v) is 16.4. The van der Waals surface area contributed by atoms with Crippen molar-refractivity contribution in [1.29, 1.82) is 0 Å². The highest BCUT2D eigenvalue weighted by Crippen LogP contribution is 2.45. The summed E-state index contributed by atoms with van der Waals surface area (Å²) in [5.74, 6) is -0.479. The number of benzene rings is 2. The molecule has 2 unspecified atom stereocenters. The normalized spacial score (nSPS) is 18.5. The molecular weight excluding hydrogens is 338 g/mol. The van der Waals surface area contributed by atoms with Crippen LogP contribution in [0.5, 0.6) is 0 Å². The molecule has 1 aliphatic rings. The highest BCUT2D eigenvalue weighted by atomic mass is 16.6. The third kappa shape index (κ3) is 3.75. The van der Waals surface area contributed by atoms with Crippen LogP contribution in [0.1, 0.15) is 72.3 Å². The first-order valence-corrected chi connectivity index (χ1v) is 9.68. The molecule has 0 spiro atoms. The van der Waals surface area contributed by atoms with Gasteiger partial charge in [0.05, 0.1) is 5.92 Å². The zero-order valence-electron chi connectivity index (χ0n) is 16.4. The number of fused-ring (bicyclic) bond motifs is 1. The Hall–Kier alpha value is -2.62. The van der Waals surface area contributed by atoms with Gasteiger partial charge in [0, 0.05) is 17.2 Å². The molecule has 1 amide bonds. The number of aryl methyl sites for hydroxylation is 2. The van der Waals surface area contributed by atoms with Crippen LogP contribution < -0.4 is 5.32 Å². The minimum absolute atomic E-state index is 0.0203. The summed E-state index contributed by atoms with van der Waals surface area (Å²) in [6, 6.07) is 13.7. The van der Waals surface area contributed by atoms with Crippen molar-refractivity contribution in [2.24, 2.45) is 0 Å². The van der Waals surface area contributed by atoms with E-state index in [0.29, 0.717) is 5.56 Å². The third-order valence-corrected chi connectivity index (χ3v) is 5.09. The van der Waals surface area contributed by atoms with Crippen molar-refractivity contribution in [2.45, 2.75) is 58.6 Å². The summed E-state index contributed by atoms with van der Waals surface area (Å²) < 4.78 is 5.77. The highest BCUT2D eigenvalue weighted by molar-refractivity contribution is 6.06. The lowest BCUT2D eigenvalue weighted by Crippen LogP contribution is -2.32. The number of rotatable bonds is 5. The fraction of sp³-hybridized carbons (Fsp3) is 0.391. The molecule has 0 bridgehead atoms. The van der Waals surface area contributed by atoms with Crippen LogP contribution in [0.2, 0.25) is 0 Å². The van der Waals surface area contributed by atoms with Gasteiger partial charge in [-0.1, -0.05) is 56.3 Å². The number of carbonyl (C=O) groups excluding carboxylic acids is 2. The number of Topliss-reactive ketones (excluding diaryl/α,β-unsaturated/α-hetero) is 1. The van der Waals surface area contributed by atoms with Crippen LogP contribution in [-0.4, -0.2) is 17.9 Å². The molecule has 4 heteroatoms. The van der Waals surface area contributed by atoms with Crippen LogP contribution in [0.15, 0.2) is 42.5 Å². The minimum Gasteiger partial charge on any atom is -0.440 e. The average molecular weight is 365 g/mol. The molecule has 0 heterocycles. The maximum absolute atomic E-state index is 13.2. The van der Waals surface area contributed by atoms with Gasteiger partial charge in [-0.15, -0.1) is 0 Å². The molecular formula is C23H27NO3. The van der Waals surface area contributed by atoms with Gasteiger partial charge in [-0.2, -0.15) is 0 Å². The second-order valence-electron chi connectivity index (χ2n) is 7.29. The molecule has 1 aliphatic carbocycles. The molecule has 2 aromatic rings. The third-order valence-electron chi connectivity index (χ3n) is 5.09. The van der Waals surface area contributed by atoms with E-state index >= 15 is 0 Å². The number of ketones is 1. The average Bonchev–Trinajstić information content (AvgIpc) is 2.92. The van der Waals surface area contributed by atoms with E-state index in [0.717, 1.165) is 29.5 Å². The lowest BCUT2D eigenvalue weighted by molar-refractivity contribution is 0.0727. The number of hydrogen-bond acceptors (Lipinski definition) is 3. The molecule has 4 nitrogen and oxygen atoms in total. The van der Waals surface area contributed by atoms with Gasteiger partial charge in [-0.05, 0) is 43.4 Å². The van der Waals surface area contributed by atoms with E-state index in [2.05, 4.69) is 31.3 Å². The summed E-state index contributed by atoms with van der Waals surface area (Å²) in [5, 5.41) is 2.76. The molecule has 0 saturated carbocycles. The predicted molar refractivity (Wildman–Crippen MR) is 106 cm³/mol. The Morgan fingerprint density at radius 1 is 1.07 bits per heavy atom. The molecule has 1 N–H and O–H groups in total. The Kier molecular flexibility index (Phi) is 5.64. The van der Waals surface area contributed by atoms with E-state index < -0.39 is 18.1 Å².